The van der Waals surface area contributed by atoms with Gasteiger partial charge in [-0.2, -0.15) is 0 Å². The van der Waals surface area contributed by atoms with Crippen LogP contribution in [-0.4, -0.2) is 17.2 Å². The van der Waals surface area contributed by atoms with Crippen molar-refractivity contribution in [2.45, 2.75) is 38.7 Å². The lowest BCUT2D eigenvalue weighted by Crippen LogP contribution is -2.04. The second-order valence-electron chi connectivity index (χ2n) is 5.04. The molecule has 1 aromatic heterocycles. The van der Waals surface area contributed by atoms with Gasteiger partial charge in [-0.05, 0) is 24.8 Å². The molecule has 3 N–H and O–H groups in total. The number of aromatic nitrogens is 1. The van der Waals surface area contributed by atoms with Gasteiger partial charge in [-0.3, -0.25) is 0 Å². The molecule has 0 bridgehead atoms. The first-order valence-electron chi connectivity index (χ1n) is 6.87. The van der Waals surface area contributed by atoms with Crippen molar-refractivity contribution >= 4 is 11.8 Å². The van der Waals surface area contributed by atoms with Crippen LogP contribution in [-0.2, 0) is 6.61 Å². The molecule has 2 rings (SSSR count). The zero-order chi connectivity index (χ0) is 13.7. The number of aliphatic hydroxyl groups is 1. The number of nitrogen functional groups attached to an aromatic ring is 1. The molecule has 1 aliphatic rings. The largest absolute Gasteiger partial charge is 0.481 e. The summed E-state index contributed by atoms with van der Waals surface area (Å²) in [4.78, 5) is 4.22. The Balaban J connectivity index is 2.18. The summed E-state index contributed by atoms with van der Waals surface area (Å²) in [6.07, 6.45) is 10.8. The standard InChI is InChI=1S/C15H22N2O2/c1-19-15-12(9-13(16)14(10-18)17-15)8-7-11-5-3-2-4-6-11/h7-9,11,18H,2-6,10,16H2,1H3/b8-7+. The highest BCUT2D eigenvalue weighted by molar-refractivity contribution is 5.61. The zero-order valence-electron chi connectivity index (χ0n) is 11.4. The van der Waals surface area contributed by atoms with Gasteiger partial charge in [-0.15, -0.1) is 0 Å². The minimum atomic E-state index is -0.172. The Hall–Kier alpha value is -1.55. The summed E-state index contributed by atoms with van der Waals surface area (Å²) >= 11 is 0. The lowest BCUT2D eigenvalue weighted by atomic mass is 9.89. The van der Waals surface area contributed by atoms with Crippen molar-refractivity contribution in [2.75, 3.05) is 12.8 Å². The molecule has 1 heterocycles. The molecule has 0 saturated heterocycles. The van der Waals surface area contributed by atoms with E-state index in [1.54, 1.807) is 7.11 Å². The maximum Gasteiger partial charge on any atom is 0.220 e. The third-order valence-electron chi connectivity index (χ3n) is 3.67. The highest BCUT2D eigenvalue weighted by atomic mass is 16.5. The SMILES string of the molecule is COc1nc(CO)c(N)cc1/C=C/C1CCCCC1. The second kappa shape index (κ2) is 6.57. The third kappa shape index (κ3) is 3.47. The molecule has 0 radical (unpaired) electrons. The molecule has 104 valence electrons. The van der Waals surface area contributed by atoms with Crippen molar-refractivity contribution in [2.24, 2.45) is 5.92 Å². The van der Waals surface area contributed by atoms with Crippen molar-refractivity contribution in [1.29, 1.82) is 0 Å². The monoisotopic (exact) mass is 262 g/mol. The van der Waals surface area contributed by atoms with Gasteiger partial charge in [0.2, 0.25) is 5.88 Å². The van der Waals surface area contributed by atoms with Gasteiger partial charge in [-0.25, -0.2) is 4.98 Å². The van der Waals surface area contributed by atoms with Crippen molar-refractivity contribution < 1.29 is 9.84 Å². The van der Waals surface area contributed by atoms with Crippen LogP contribution >= 0.6 is 0 Å². The number of methoxy groups -OCH3 is 1. The molecule has 0 atom stereocenters. The molecular weight excluding hydrogens is 240 g/mol. The van der Waals surface area contributed by atoms with Crippen molar-refractivity contribution in [3.8, 4) is 5.88 Å². The molecule has 1 aliphatic carbocycles. The lowest BCUT2D eigenvalue weighted by Gasteiger charge is -2.18. The van der Waals surface area contributed by atoms with E-state index in [2.05, 4.69) is 11.1 Å². The van der Waals surface area contributed by atoms with E-state index in [-0.39, 0.29) is 6.61 Å². The maximum absolute atomic E-state index is 9.15. The van der Waals surface area contributed by atoms with Crippen molar-refractivity contribution in [3.63, 3.8) is 0 Å². The predicted molar refractivity (Wildman–Crippen MR) is 76.7 cm³/mol. The first kappa shape index (κ1) is 13.9. The Morgan fingerprint density at radius 2 is 2.16 bits per heavy atom. The summed E-state index contributed by atoms with van der Waals surface area (Å²) in [6, 6.07) is 1.82. The van der Waals surface area contributed by atoms with Gasteiger partial charge in [0.25, 0.3) is 0 Å². The smallest absolute Gasteiger partial charge is 0.220 e. The van der Waals surface area contributed by atoms with Crippen LogP contribution in [0.25, 0.3) is 6.08 Å². The third-order valence-corrected chi connectivity index (χ3v) is 3.67. The highest BCUT2D eigenvalue weighted by Gasteiger charge is 2.11. The fourth-order valence-corrected chi connectivity index (χ4v) is 2.54. The summed E-state index contributed by atoms with van der Waals surface area (Å²) in [7, 11) is 1.58. The Morgan fingerprint density at radius 1 is 1.42 bits per heavy atom. The first-order valence-corrected chi connectivity index (χ1v) is 6.87. The summed E-state index contributed by atoms with van der Waals surface area (Å²) in [5.41, 5.74) is 7.70. The number of nitrogens with zero attached hydrogens (tertiary/aromatic N) is 1. The zero-order valence-corrected chi connectivity index (χ0v) is 11.4. The molecule has 1 fully saturated rings. The number of hydrogen-bond donors (Lipinski definition) is 2. The molecule has 0 unspecified atom stereocenters. The molecule has 4 heteroatoms. The van der Waals surface area contributed by atoms with Gasteiger partial charge in [0.15, 0.2) is 0 Å². The van der Waals surface area contributed by atoms with Gasteiger partial charge in [-0.1, -0.05) is 31.4 Å². The molecule has 0 amide bonds. The summed E-state index contributed by atoms with van der Waals surface area (Å²) < 4.78 is 5.25. The van der Waals surface area contributed by atoms with Gasteiger partial charge in [0.1, 0.15) is 0 Å². The number of pyridine rings is 1. The minimum Gasteiger partial charge on any atom is -0.481 e. The van der Waals surface area contributed by atoms with Crippen LogP contribution in [0, 0.1) is 5.92 Å². The fourth-order valence-electron chi connectivity index (χ4n) is 2.54. The Kier molecular flexibility index (Phi) is 4.80. The van der Waals surface area contributed by atoms with E-state index in [1.807, 2.05) is 12.1 Å². The van der Waals surface area contributed by atoms with Crippen LogP contribution in [0.2, 0.25) is 0 Å². The van der Waals surface area contributed by atoms with Crippen LogP contribution in [0.3, 0.4) is 0 Å². The molecule has 19 heavy (non-hydrogen) atoms. The van der Waals surface area contributed by atoms with E-state index in [0.29, 0.717) is 23.2 Å². The normalized spacial score (nSPS) is 16.9. The molecule has 0 spiro atoms. The Labute approximate surface area is 114 Å². The van der Waals surface area contributed by atoms with Crippen LogP contribution in [0.5, 0.6) is 5.88 Å². The molecule has 0 aromatic carbocycles. The summed E-state index contributed by atoms with van der Waals surface area (Å²) in [6.45, 7) is -0.172. The number of nitrogens with two attached hydrogens (primary N) is 1. The number of rotatable bonds is 4. The molecule has 1 aromatic rings. The summed E-state index contributed by atoms with van der Waals surface area (Å²) in [5.74, 6) is 1.17. The predicted octanol–water partition coefficient (Wildman–Crippen LogP) is 2.76. The number of ether oxygens (including phenoxy) is 1. The average Bonchev–Trinajstić information content (AvgIpc) is 2.46. The first-order chi connectivity index (χ1) is 9.24. The molecular formula is C15H22N2O2. The van der Waals surface area contributed by atoms with Crippen molar-refractivity contribution in [3.05, 3.63) is 23.4 Å². The van der Waals surface area contributed by atoms with E-state index in [9.17, 15) is 0 Å². The number of allylic oxidation sites excluding steroid dienone is 1. The number of anilines is 1. The molecule has 0 aliphatic heterocycles. The van der Waals surface area contributed by atoms with E-state index < -0.39 is 0 Å². The highest BCUT2D eigenvalue weighted by Crippen LogP contribution is 2.27. The number of aliphatic hydroxyl groups excluding tert-OH is 1. The second-order valence-corrected chi connectivity index (χ2v) is 5.04. The molecule has 1 saturated carbocycles. The van der Waals surface area contributed by atoms with Crippen molar-refractivity contribution in [1.82, 2.24) is 4.98 Å². The van der Waals surface area contributed by atoms with E-state index in [4.69, 9.17) is 15.6 Å². The van der Waals surface area contributed by atoms with Crippen LogP contribution in [0.15, 0.2) is 12.1 Å². The van der Waals surface area contributed by atoms with E-state index in [0.717, 1.165) is 5.56 Å². The summed E-state index contributed by atoms with van der Waals surface area (Å²) in [5, 5.41) is 9.15. The van der Waals surface area contributed by atoms with Crippen LogP contribution in [0.1, 0.15) is 43.4 Å². The number of hydrogen-bond acceptors (Lipinski definition) is 4. The lowest BCUT2D eigenvalue weighted by molar-refractivity contribution is 0.275. The quantitative estimate of drug-likeness (QED) is 0.875. The Morgan fingerprint density at radius 3 is 2.79 bits per heavy atom. The van der Waals surface area contributed by atoms with Crippen LogP contribution in [0.4, 0.5) is 5.69 Å². The van der Waals surface area contributed by atoms with E-state index >= 15 is 0 Å². The van der Waals surface area contributed by atoms with Gasteiger partial charge in [0, 0.05) is 5.56 Å². The van der Waals surface area contributed by atoms with Crippen LogP contribution < -0.4 is 10.5 Å². The van der Waals surface area contributed by atoms with Gasteiger partial charge >= 0.3 is 0 Å². The van der Waals surface area contributed by atoms with Gasteiger partial charge in [0.05, 0.1) is 25.1 Å². The molecule has 4 nitrogen and oxygen atoms in total. The fraction of sp³-hybridized carbons (Fsp3) is 0.533. The van der Waals surface area contributed by atoms with E-state index in [1.165, 1.54) is 32.1 Å². The average molecular weight is 262 g/mol. The maximum atomic E-state index is 9.15. The van der Waals surface area contributed by atoms with Gasteiger partial charge < -0.3 is 15.6 Å². The Bertz CT molecular complexity index is 452. The topological polar surface area (TPSA) is 68.4 Å². The minimum absolute atomic E-state index is 0.172.